The molecule has 12 nitrogen and oxygen atoms in total. The number of hydrogen-bond acceptors (Lipinski definition) is 6. The molecule has 0 spiro atoms. The summed E-state index contributed by atoms with van der Waals surface area (Å²) < 4.78 is 5.32. The number of nitrogens with zero attached hydrogens (tertiary/aromatic N) is 2. The number of carboxylic acids is 1. The van der Waals surface area contributed by atoms with E-state index in [1.54, 1.807) is 25.3 Å². The first-order valence-electron chi connectivity index (χ1n) is 13.5. The highest BCUT2D eigenvalue weighted by molar-refractivity contribution is 6.24. The van der Waals surface area contributed by atoms with Gasteiger partial charge in [-0.25, -0.2) is 14.5 Å². The lowest BCUT2D eigenvalue weighted by Crippen LogP contribution is -2.44. The summed E-state index contributed by atoms with van der Waals surface area (Å²) in [5.41, 5.74) is 8.38. The van der Waals surface area contributed by atoms with E-state index in [2.05, 4.69) is 10.3 Å². The molecular formula is C31H27N5O7. The molecule has 1 fully saturated rings. The van der Waals surface area contributed by atoms with Crippen LogP contribution in [-0.2, 0) is 20.8 Å². The number of carbonyl (C=O) groups excluding carboxylic acids is 4. The summed E-state index contributed by atoms with van der Waals surface area (Å²) in [6.45, 7) is 0. The van der Waals surface area contributed by atoms with Crippen LogP contribution in [0.15, 0.2) is 72.8 Å². The van der Waals surface area contributed by atoms with Crippen LogP contribution in [0.4, 0.5) is 10.5 Å². The third-order valence-corrected chi connectivity index (χ3v) is 7.88. The Morgan fingerprint density at radius 1 is 1.05 bits per heavy atom. The van der Waals surface area contributed by atoms with E-state index in [-0.39, 0.29) is 17.7 Å². The molecule has 3 atom stereocenters. The van der Waals surface area contributed by atoms with Crippen molar-refractivity contribution >= 4 is 46.3 Å². The van der Waals surface area contributed by atoms with Gasteiger partial charge in [-0.1, -0.05) is 42.5 Å². The predicted molar refractivity (Wildman–Crippen MR) is 154 cm³/mol. The highest BCUT2D eigenvalue weighted by atomic mass is 16.5. The first-order chi connectivity index (χ1) is 20.7. The van der Waals surface area contributed by atoms with Gasteiger partial charge in [-0.2, -0.15) is 0 Å². The molecule has 4 aromatic rings. The van der Waals surface area contributed by atoms with Crippen molar-refractivity contribution in [1.82, 2.24) is 15.2 Å². The zero-order chi connectivity index (χ0) is 30.4. The molecular weight excluding hydrogens is 554 g/mol. The number of aromatic nitrogens is 1. The third-order valence-electron chi connectivity index (χ3n) is 7.88. The van der Waals surface area contributed by atoms with Crippen LogP contribution in [-0.4, -0.2) is 63.9 Å². The van der Waals surface area contributed by atoms with Crippen LogP contribution in [0.25, 0.3) is 10.9 Å². The van der Waals surface area contributed by atoms with E-state index in [1.807, 2.05) is 36.4 Å². The van der Waals surface area contributed by atoms with E-state index in [0.29, 0.717) is 5.75 Å². The van der Waals surface area contributed by atoms with Crippen molar-refractivity contribution in [2.45, 2.75) is 31.0 Å². The molecule has 3 unspecified atom stereocenters. The molecule has 0 saturated carbocycles. The van der Waals surface area contributed by atoms with Crippen molar-refractivity contribution in [3.05, 3.63) is 95.2 Å². The van der Waals surface area contributed by atoms with Gasteiger partial charge >= 0.3 is 12.0 Å². The maximum absolute atomic E-state index is 14.2. The number of imide groups is 1. The minimum absolute atomic E-state index is 0.00499. The fraction of sp³-hybridized carbons (Fsp3) is 0.194. The van der Waals surface area contributed by atoms with Crippen molar-refractivity contribution in [3.63, 3.8) is 0 Å². The van der Waals surface area contributed by atoms with Crippen LogP contribution >= 0.6 is 0 Å². The second kappa shape index (κ2) is 10.6. The van der Waals surface area contributed by atoms with Crippen LogP contribution < -0.4 is 20.7 Å². The van der Waals surface area contributed by atoms with E-state index < -0.39 is 54.3 Å². The van der Waals surface area contributed by atoms with Gasteiger partial charge in [-0.05, 0) is 41.5 Å². The summed E-state index contributed by atoms with van der Waals surface area (Å²) in [5, 5.41) is 12.7. The molecule has 43 heavy (non-hydrogen) atoms. The number of urea groups is 1. The number of rotatable bonds is 8. The number of aromatic amines is 1. The van der Waals surface area contributed by atoms with E-state index in [0.717, 1.165) is 32.6 Å². The van der Waals surface area contributed by atoms with Gasteiger partial charge in [0.1, 0.15) is 23.9 Å². The minimum Gasteiger partial charge on any atom is -0.497 e. The van der Waals surface area contributed by atoms with Crippen molar-refractivity contribution < 1.29 is 33.8 Å². The SMILES string of the molecule is COc1ccc(C2c3[nH]c4ccccc4c3CC3C(=O)N(c4ccccc4C(=O)NC(CC(N)=O)C(=O)O)C(=O)N32)cc1. The number of carbonyl (C=O) groups is 5. The van der Waals surface area contributed by atoms with Crippen molar-refractivity contribution in [2.24, 2.45) is 5.73 Å². The van der Waals surface area contributed by atoms with Crippen molar-refractivity contribution in [2.75, 3.05) is 12.0 Å². The molecule has 0 bridgehead atoms. The topological polar surface area (TPSA) is 175 Å². The first-order valence-corrected chi connectivity index (χ1v) is 13.5. The number of H-pyrrole nitrogens is 1. The summed E-state index contributed by atoms with van der Waals surface area (Å²) in [6, 6.07) is 17.2. The number of primary amides is 1. The molecule has 218 valence electrons. The molecule has 12 heteroatoms. The number of para-hydroxylation sites is 2. The van der Waals surface area contributed by atoms with Crippen LogP contribution in [0, 0.1) is 0 Å². The molecule has 1 aromatic heterocycles. The number of anilines is 1. The molecule has 6 rings (SSSR count). The summed E-state index contributed by atoms with van der Waals surface area (Å²) in [7, 11) is 1.56. The Balaban J connectivity index is 1.42. The van der Waals surface area contributed by atoms with Crippen molar-refractivity contribution in [3.8, 4) is 5.75 Å². The first kappa shape index (κ1) is 27.5. The average molecular weight is 582 g/mol. The van der Waals surface area contributed by atoms with Crippen LogP contribution in [0.5, 0.6) is 5.75 Å². The average Bonchev–Trinajstić information content (AvgIpc) is 3.49. The second-order valence-corrected chi connectivity index (χ2v) is 10.4. The molecule has 1 saturated heterocycles. The number of nitrogens with one attached hydrogen (secondary N) is 2. The number of amides is 5. The van der Waals surface area contributed by atoms with Gasteiger partial charge in [0.15, 0.2) is 0 Å². The molecule has 5 N–H and O–H groups in total. The smallest absolute Gasteiger partial charge is 0.332 e. The number of nitrogens with two attached hydrogens (primary N) is 1. The zero-order valence-corrected chi connectivity index (χ0v) is 22.9. The van der Waals surface area contributed by atoms with E-state index in [9.17, 15) is 29.1 Å². The molecule has 0 aliphatic carbocycles. The largest absolute Gasteiger partial charge is 0.497 e. The highest BCUT2D eigenvalue weighted by Crippen LogP contribution is 2.45. The second-order valence-electron chi connectivity index (χ2n) is 10.4. The number of benzene rings is 3. The molecule has 2 aliphatic rings. The summed E-state index contributed by atoms with van der Waals surface area (Å²) in [4.78, 5) is 70.6. The summed E-state index contributed by atoms with van der Waals surface area (Å²) in [5.74, 6) is -3.13. The predicted octanol–water partition coefficient (Wildman–Crippen LogP) is 2.72. The van der Waals surface area contributed by atoms with Gasteiger partial charge in [0.05, 0.1) is 24.8 Å². The van der Waals surface area contributed by atoms with Gasteiger partial charge < -0.3 is 25.9 Å². The van der Waals surface area contributed by atoms with Gasteiger partial charge in [0, 0.05) is 23.0 Å². The maximum Gasteiger partial charge on any atom is 0.332 e. The fourth-order valence-electron chi connectivity index (χ4n) is 5.93. The molecule has 2 aliphatic heterocycles. The van der Waals surface area contributed by atoms with E-state index in [4.69, 9.17) is 10.5 Å². The van der Waals surface area contributed by atoms with Gasteiger partial charge in [0.25, 0.3) is 11.8 Å². The quantitative estimate of drug-likeness (QED) is 0.231. The lowest BCUT2D eigenvalue weighted by atomic mass is 9.89. The molecule has 5 amide bonds. The number of fused-ring (bicyclic) bond motifs is 4. The molecule has 3 aromatic carbocycles. The molecule has 3 heterocycles. The Labute approximate surface area is 245 Å². The van der Waals surface area contributed by atoms with Crippen LogP contribution in [0.3, 0.4) is 0 Å². The van der Waals surface area contributed by atoms with Gasteiger partial charge in [0.2, 0.25) is 5.91 Å². The number of aliphatic carboxylic acids is 1. The Morgan fingerprint density at radius 2 is 1.74 bits per heavy atom. The maximum atomic E-state index is 14.2. The Hall–Kier alpha value is -5.65. The zero-order valence-electron chi connectivity index (χ0n) is 22.9. The van der Waals surface area contributed by atoms with Gasteiger partial charge in [-0.15, -0.1) is 0 Å². The Morgan fingerprint density at radius 3 is 2.44 bits per heavy atom. The Bertz CT molecular complexity index is 1800. The normalized spacial score (nSPS) is 18.3. The number of carboxylic acid groups (broad SMARTS) is 1. The molecule has 0 radical (unpaired) electrons. The Kier molecular flexibility index (Phi) is 6.81. The minimum atomic E-state index is -1.59. The lowest BCUT2D eigenvalue weighted by molar-refractivity contribution is -0.141. The number of methoxy groups -OCH3 is 1. The number of hydrogen-bond donors (Lipinski definition) is 4. The lowest BCUT2D eigenvalue weighted by Gasteiger charge is -2.36. The van der Waals surface area contributed by atoms with E-state index in [1.165, 1.54) is 23.1 Å². The van der Waals surface area contributed by atoms with Gasteiger partial charge in [-0.3, -0.25) is 19.3 Å². The van der Waals surface area contributed by atoms with Crippen LogP contribution in [0.2, 0.25) is 0 Å². The van der Waals surface area contributed by atoms with Crippen LogP contribution in [0.1, 0.15) is 39.6 Å². The van der Waals surface area contributed by atoms with Crippen molar-refractivity contribution in [1.29, 1.82) is 0 Å². The highest BCUT2D eigenvalue weighted by Gasteiger charge is 2.53. The number of ether oxygens (including phenoxy) is 1. The third kappa shape index (κ3) is 4.62. The van der Waals surface area contributed by atoms with E-state index >= 15 is 0 Å². The summed E-state index contributed by atoms with van der Waals surface area (Å²) in [6.07, 6.45) is -0.378. The fourth-order valence-corrected chi connectivity index (χ4v) is 5.93. The monoisotopic (exact) mass is 581 g/mol. The standard InChI is InChI=1S/C31H27N5O7/c1-43-17-12-10-16(11-13-17)27-26-20(18-6-2-4-8-21(18)33-26)14-24-29(39)36(31(42)35(24)27)23-9-5-3-7-19(23)28(38)34-22(30(40)41)15-25(32)37/h2-13,22,24,27,33H,14-15H2,1H3,(H2,32,37)(H,34,38)(H,40,41). The summed E-state index contributed by atoms with van der Waals surface area (Å²) >= 11 is 0.